The Hall–Kier alpha value is -1.29. The Morgan fingerprint density at radius 2 is 1.59 bits per heavy atom. The van der Waals surface area contributed by atoms with Crippen molar-refractivity contribution >= 4 is 65.2 Å². The molecule has 150 valence electrons. The summed E-state index contributed by atoms with van der Waals surface area (Å²) in [6.07, 6.45) is 0. The fraction of sp³-hybridized carbons (Fsp3) is 0.0526. The molecule has 1 heterocycles. The molecule has 1 unspecified atom stereocenters. The van der Waals surface area contributed by atoms with Crippen LogP contribution in [0.2, 0.25) is 10.0 Å². The normalized spacial score (nSPS) is 19.9. The Morgan fingerprint density at radius 1 is 0.897 bits per heavy atom. The molecule has 10 heteroatoms. The van der Waals surface area contributed by atoms with Crippen molar-refractivity contribution in [3.8, 4) is 11.5 Å². The average molecular weight is 581 g/mol. The summed E-state index contributed by atoms with van der Waals surface area (Å²) < 4.78 is 32.1. The third kappa shape index (κ3) is 3.17. The summed E-state index contributed by atoms with van der Waals surface area (Å²) >= 11 is 19.1. The Kier molecular flexibility index (Phi) is 5.16. The van der Waals surface area contributed by atoms with Gasteiger partial charge < -0.3 is 10.2 Å². The minimum absolute atomic E-state index is 0.00639. The predicted molar refractivity (Wildman–Crippen MR) is 116 cm³/mol. The minimum Gasteiger partial charge on any atom is -0.507 e. The topological polar surface area (TPSA) is 83.8 Å². The molecule has 2 N–H and O–H groups in total. The second-order valence-electron chi connectivity index (χ2n) is 6.29. The second-order valence-corrected chi connectivity index (χ2v) is 10.3. The van der Waals surface area contributed by atoms with E-state index in [9.17, 15) is 18.6 Å². The molecule has 1 aliphatic heterocycles. The van der Waals surface area contributed by atoms with Crippen LogP contribution in [0.5, 0.6) is 11.5 Å². The maximum atomic E-state index is 12.9. The molecule has 0 aliphatic carbocycles. The van der Waals surface area contributed by atoms with Crippen molar-refractivity contribution in [2.75, 3.05) is 0 Å². The van der Waals surface area contributed by atoms with Crippen LogP contribution in [-0.2, 0) is 19.9 Å². The van der Waals surface area contributed by atoms with E-state index in [-0.39, 0.29) is 36.5 Å². The lowest BCUT2D eigenvalue weighted by molar-refractivity contribution is 0.180. The number of hydrogen-bond donors (Lipinski definition) is 2. The number of aromatic hydroxyl groups is 2. The molecule has 0 spiro atoms. The number of rotatable bonds is 2. The lowest BCUT2D eigenvalue weighted by Gasteiger charge is -2.31. The smallest absolute Gasteiger partial charge is 0.298 e. The fourth-order valence-corrected chi connectivity index (χ4v) is 6.20. The first kappa shape index (κ1) is 21.0. The predicted octanol–water partition coefficient (Wildman–Crippen LogP) is 5.94. The van der Waals surface area contributed by atoms with E-state index in [0.29, 0.717) is 15.6 Å². The second kappa shape index (κ2) is 7.14. The van der Waals surface area contributed by atoms with Gasteiger partial charge in [-0.05, 0) is 61.7 Å². The Bertz CT molecular complexity index is 1260. The number of hydrogen-bond acceptors (Lipinski definition) is 5. The van der Waals surface area contributed by atoms with Gasteiger partial charge in [-0.15, -0.1) is 0 Å². The van der Waals surface area contributed by atoms with Crippen molar-refractivity contribution in [3.05, 3.63) is 84.2 Å². The van der Waals surface area contributed by atoms with Crippen molar-refractivity contribution in [2.24, 2.45) is 0 Å². The van der Waals surface area contributed by atoms with E-state index in [1.165, 1.54) is 30.3 Å². The summed E-state index contributed by atoms with van der Waals surface area (Å²) in [4.78, 5) is -0.0133. The molecule has 29 heavy (non-hydrogen) atoms. The molecule has 0 radical (unpaired) electrons. The monoisotopic (exact) mass is 578 g/mol. The molecular formula is C19H10Br2Cl2O5S. The van der Waals surface area contributed by atoms with Crippen molar-refractivity contribution in [1.29, 1.82) is 0 Å². The van der Waals surface area contributed by atoms with Crippen LogP contribution in [0.25, 0.3) is 0 Å². The van der Waals surface area contributed by atoms with Crippen LogP contribution in [0.3, 0.4) is 0 Å². The molecule has 0 bridgehead atoms. The average Bonchev–Trinajstić information content (AvgIpc) is 2.91. The third-order valence-corrected chi connectivity index (χ3v) is 7.81. The zero-order valence-corrected chi connectivity index (χ0v) is 19.7. The number of phenolic OH excluding ortho intramolecular Hbond substituents is 2. The standard InChI is InChI=1S/C19H10Br2Cl2O5S/c20-12-7-11(14(22)8-16(12)24)19(9-5-13(21)18(25)15(23)6-9)10-3-1-2-4-17(10)29(26,27)28-19/h1-8,24-25H. The van der Waals surface area contributed by atoms with Gasteiger partial charge in [0.15, 0.2) is 5.60 Å². The molecule has 0 saturated heterocycles. The zero-order valence-electron chi connectivity index (χ0n) is 14.2. The number of fused-ring (bicyclic) bond motifs is 1. The molecule has 5 nitrogen and oxygen atoms in total. The number of halogens is 4. The third-order valence-electron chi connectivity index (χ3n) is 4.61. The van der Waals surface area contributed by atoms with E-state index in [1.807, 2.05) is 0 Å². The first-order valence-electron chi connectivity index (χ1n) is 8.00. The van der Waals surface area contributed by atoms with Gasteiger partial charge >= 0.3 is 0 Å². The van der Waals surface area contributed by atoms with Gasteiger partial charge in [-0.3, -0.25) is 0 Å². The molecule has 4 rings (SSSR count). The maximum Gasteiger partial charge on any atom is 0.298 e. The van der Waals surface area contributed by atoms with Gasteiger partial charge in [0.2, 0.25) is 0 Å². The van der Waals surface area contributed by atoms with E-state index < -0.39 is 15.7 Å². The van der Waals surface area contributed by atoms with E-state index in [0.717, 1.165) is 0 Å². The molecule has 3 aromatic carbocycles. The van der Waals surface area contributed by atoms with Gasteiger partial charge in [-0.2, -0.15) is 8.42 Å². The highest BCUT2D eigenvalue weighted by atomic mass is 79.9. The molecule has 0 saturated carbocycles. The Balaban J connectivity index is 2.18. The molecule has 3 aromatic rings. The van der Waals surface area contributed by atoms with E-state index >= 15 is 0 Å². The van der Waals surface area contributed by atoms with Crippen LogP contribution >= 0.6 is 55.1 Å². The van der Waals surface area contributed by atoms with Gasteiger partial charge in [-0.1, -0.05) is 41.4 Å². The number of phenols is 2. The van der Waals surface area contributed by atoms with Crippen LogP contribution in [0, 0.1) is 0 Å². The van der Waals surface area contributed by atoms with Crippen LogP contribution in [0.1, 0.15) is 16.7 Å². The first-order valence-corrected chi connectivity index (χ1v) is 11.7. The largest absolute Gasteiger partial charge is 0.507 e. The molecule has 0 amide bonds. The van der Waals surface area contributed by atoms with Crippen LogP contribution < -0.4 is 0 Å². The SMILES string of the molecule is O=S1(=O)OC(c2cc(Cl)c(O)c(Br)c2)(c2cc(Br)c(O)cc2Cl)c2ccccc21. The summed E-state index contributed by atoms with van der Waals surface area (Å²) in [6, 6.07) is 12.0. The van der Waals surface area contributed by atoms with Crippen molar-refractivity contribution in [1.82, 2.24) is 0 Å². The van der Waals surface area contributed by atoms with Crippen molar-refractivity contribution in [3.63, 3.8) is 0 Å². The van der Waals surface area contributed by atoms with E-state index in [2.05, 4.69) is 31.9 Å². The summed E-state index contributed by atoms with van der Waals surface area (Å²) in [5.41, 5.74) is -0.776. The number of benzene rings is 3. The van der Waals surface area contributed by atoms with Gasteiger partial charge in [0.25, 0.3) is 10.1 Å². The van der Waals surface area contributed by atoms with Gasteiger partial charge in [0.05, 0.1) is 19.0 Å². The van der Waals surface area contributed by atoms with Crippen LogP contribution in [0.15, 0.2) is 62.4 Å². The quantitative estimate of drug-likeness (QED) is 0.367. The Morgan fingerprint density at radius 3 is 2.28 bits per heavy atom. The summed E-state index contributed by atoms with van der Waals surface area (Å²) in [7, 11) is -4.14. The fourth-order valence-electron chi connectivity index (χ4n) is 3.35. The van der Waals surface area contributed by atoms with E-state index in [1.54, 1.807) is 18.2 Å². The van der Waals surface area contributed by atoms with Gasteiger partial charge in [0.1, 0.15) is 16.4 Å². The van der Waals surface area contributed by atoms with Crippen molar-refractivity contribution < 1.29 is 22.8 Å². The highest BCUT2D eigenvalue weighted by Crippen LogP contribution is 2.54. The molecular weight excluding hydrogens is 571 g/mol. The van der Waals surface area contributed by atoms with Gasteiger partial charge in [0, 0.05) is 17.2 Å². The molecule has 0 fully saturated rings. The minimum atomic E-state index is -4.14. The first-order chi connectivity index (χ1) is 13.6. The lowest BCUT2D eigenvalue weighted by Crippen LogP contribution is -2.30. The highest BCUT2D eigenvalue weighted by Gasteiger charge is 2.52. The summed E-state index contributed by atoms with van der Waals surface area (Å²) in [6.45, 7) is 0. The van der Waals surface area contributed by atoms with Crippen molar-refractivity contribution in [2.45, 2.75) is 10.5 Å². The van der Waals surface area contributed by atoms with E-state index in [4.69, 9.17) is 27.4 Å². The Labute approximate surface area is 193 Å². The highest BCUT2D eigenvalue weighted by molar-refractivity contribution is 9.10. The summed E-state index contributed by atoms with van der Waals surface area (Å²) in [5, 5.41) is 20.1. The maximum absolute atomic E-state index is 12.9. The zero-order chi connectivity index (χ0) is 21.1. The van der Waals surface area contributed by atoms with Crippen LogP contribution in [-0.4, -0.2) is 18.6 Å². The molecule has 1 aliphatic rings. The van der Waals surface area contributed by atoms with Gasteiger partial charge in [-0.25, -0.2) is 4.18 Å². The molecule has 1 atom stereocenters. The van der Waals surface area contributed by atoms with Crippen LogP contribution in [0.4, 0.5) is 0 Å². The summed E-state index contributed by atoms with van der Waals surface area (Å²) in [5.74, 6) is -0.314. The molecule has 0 aromatic heterocycles. The lowest BCUT2D eigenvalue weighted by atomic mass is 9.80.